The number of amides is 6. The van der Waals surface area contributed by atoms with Gasteiger partial charge in [0.15, 0.2) is 0 Å². The Morgan fingerprint density at radius 1 is 0.760 bits per heavy atom. The Morgan fingerprint density at radius 3 is 1.62 bits per heavy atom. The lowest BCUT2D eigenvalue weighted by Gasteiger charge is -2.27. The predicted octanol–water partition coefficient (Wildman–Crippen LogP) is 1.64. The lowest BCUT2D eigenvalue weighted by molar-refractivity contribution is -0.143. The van der Waals surface area contributed by atoms with E-state index in [2.05, 4.69) is 48.7 Å². The van der Waals surface area contributed by atoms with E-state index in [1.807, 2.05) is 13.8 Å². The molecule has 2 atom stereocenters. The first-order valence-electron chi connectivity index (χ1n) is 18.0. The standard InChI is InChI=1S/C18H34N4O5.C14H29N5O2.CH5N/c1-5-14(21-17(26)27-18(2,3)4)11-20-22-16(25)19-10-12-6-8-13(9-7-12)15(23)24;1-3-12(15)9-18-19-14(21)17-8-10-4-6-11(7-5-10)13(20)16-2;1-2/h12-14,20H,5-11H2,1-4H3,(H,21,26)(H,23,24)(H2,19,22,25);10-12,18H,3-9,15H2,1-2H3,(H,16,20)(H2,17,19,21);2H2,1H3/t12?,13?,14-;10?,11?,12-;/m00./s1. The van der Waals surface area contributed by atoms with E-state index in [1.54, 1.807) is 27.8 Å². The zero-order valence-corrected chi connectivity index (χ0v) is 31.4. The van der Waals surface area contributed by atoms with E-state index in [1.165, 1.54) is 7.05 Å². The van der Waals surface area contributed by atoms with Crippen LogP contribution in [0.1, 0.15) is 98.8 Å². The van der Waals surface area contributed by atoms with Gasteiger partial charge in [-0.05, 0) is 104 Å². The Kier molecular flexibility index (Phi) is 24.6. The number of urea groups is 2. The van der Waals surface area contributed by atoms with Crippen LogP contribution in [0.15, 0.2) is 0 Å². The number of carboxylic acids is 1. The number of hydrazine groups is 2. The molecule has 0 saturated heterocycles. The van der Waals surface area contributed by atoms with Crippen LogP contribution >= 0.6 is 0 Å². The van der Waals surface area contributed by atoms with Crippen LogP contribution in [0.5, 0.6) is 0 Å². The fourth-order valence-corrected chi connectivity index (χ4v) is 5.44. The third-order valence-electron chi connectivity index (χ3n) is 8.62. The molecule has 0 heterocycles. The molecular formula is C33H68N10O7. The molecule has 0 aromatic rings. The van der Waals surface area contributed by atoms with Crippen LogP contribution in [0.2, 0.25) is 0 Å². The van der Waals surface area contributed by atoms with Crippen LogP contribution in [0.3, 0.4) is 0 Å². The van der Waals surface area contributed by atoms with Crippen LogP contribution in [0, 0.1) is 23.7 Å². The van der Waals surface area contributed by atoms with Crippen molar-refractivity contribution in [3.05, 3.63) is 0 Å². The van der Waals surface area contributed by atoms with Gasteiger partial charge in [-0.15, -0.1) is 0 Å². The average Bonchev–Trinajstić information content (AvgIpc) is 3.09. The summed E-state index contributed by atoms with van der Waals surface area (Å²) in [5.74, 6) is 0.0556. The summed E-state index contributed by atoms with van der Waals surface area (Å²) in [6, 6.07) is -0.703. The number of hydrogen-bond acceptors (Lipinski definition) is 10. The summed E-state index contributed by atoms with van der Waals surface area (Å²) in [5, 5.41) is 20.1. The third-order valence-corrected chi connectivity index (χ3v) is 8.62. The lowest BCUT2D eigenvalue weighted by atomic mass is 9.81. The molecule has 2 aliphatic carbocycles. The molecule has 2 saturated carbocycles. The average molecular weight is 717 g/mol. The third kappa shape index (κ3) is 22.3. The molecule has 0 aromatic carbocycles. The highest BCUT2D eigenvalue weighted by Crippen LogP contribution is 2.29. The fourth-order valence-electron chi connectivity index (χ4n) is 5.44. The zero-order valence-electron chi connectivity index (χ0n) is 31.4. The number of aliphatic carboxylic acids is 1. The van der Waals surface area contributed by atoms with Gasteiger partial charge < -0.3 is 42.6 Å². The Morgan fingerprint density at radius 2 is 1.22 bits per heavy atom. The van der Waals surface area contributed by atoms with Gasteiger partial charge in [0.05, 0.1) is 5.92 Å². The van der Waals surface area contributed by atoms with Crippen molar-refractivity contribution in [1.29, 1.82) is 0 Å². The fraction of sp³-hybridized carbons (Fsp3) is 0.848. The second-order valence-electron chi connectivity index (χ2n) is 13.7. The molecular weight excluding hydrogens is 648 g/mol. The van der Waals surface area contributed by atoms with Crippen molar-refractivity contribution in [2.75, 3.05) is 40.3 Å². The minimum Gasteiger partial charge on any atom is -0.481 e. The maximum Gasteiger partial charge on any atom is 0.407 e. The van der Waals surface area contributed by atoms with Gasteiger partial charge >= 0.3 is 24.1 Å². The number of rotatable bonds is 15. The lowest BCUT2D eigenvalue weighted by Crippen LogP contribution is -2.51. The minimum atomic E-state index is -0.728. The summed E-state index contributed by atoms with van der Waals surface area (Å²) in [6.45, 7) is 11.4. The number of carboxylic acid groups (broad SMARTS) is 1. The normalized spacial score (nSPS) is 21.2. The molecule has 0 aliphatic heterocycles. The van der Waals surface area contributed by atoms with E-state index >= 15 is 0 Å². The smallest absolute Gasteiger partial charge is 0.407 e. The van der Waals surface area contributed by atoms with Crippen molar-refractivity contribution in [3.63, 3.8) is 0 Å². The second kappa shape index (κ2) is 26.4. The molecule has 13 N–H and O–H groups in total. The zero-order chi connectivity index (χ0) is 38.1. The Bertz CT molecular complexity index is 982. The largest absolute Gasteiger partial charge is 0.481 e. The molecule has 50 heavy (non-hydrogen) atoms. The van der Waals surface area contributed by atoms with Crippen LogP contribution < -0.4 is 54.4 Å². The molecule has 17 heteroatoms. The van der Waals surface area contributed by atoms with E-state index in [9.17, 15) is 24.0 Å². The number of carbonyl (C=O) groups is 5. The predicted molar refractivity (Wildman–Crippen MR) is 193 cm³/mol. The topological polar surface area (TPSA) is 263 Å². The molecule has 2 fully saturated rings. The van der Waals surface area contributed by atoms with Gasteiger partial charge in [0.25, 0.3) is 0 Å². The summed E-state index contributed by atoms with van der Waals surface area (Å²) >= 11 is 0. The highest BCUT2D eigenvalue weighted by atomic mass is 16.6. The van der Waals surface area contributed by atoms with Crippen molar-refractivity contribution in [2.24, 2.45) is 35.1 Å². The van der Waals surface area contributed by atoms with E-state index in [-0.39, 0.29) is 41.9 Å². The highest BCUT2D eigenvalue weighted by Gasteiger charge is 2.27. The van der Waals surface area contributed by atoms with Gasteiger partial charge in [0, 0.05) is 51.2 Å². The summed E-state index contributed by atoms with van der Waals surface area (Å²) in [7, 11) is 3.18. The van der Waals surface area contributed by atoms with Gasteiger partial charge in [-0.1, -0.05) is 13.8 Å². The second-order valence-corrected chi connectivity index (χ2v) is 13.7. The molecule has 292 valence electrons. The first-order chi connectivity index (χ1) is 23.7. The van der Waals surface area contributed by atoms with E-state index in [0.717, 1.165) is 44.9 Å². The van der Waals surface area contributed by atoms with Crippen LogP contribution in [0.25, 0.3) is 0 Å². The number of ether oxygens (including phenoxy) is 1. The number of carbonyl (C=O) groups excluding carboxylic acids is 4. The van der Waals surface area contributed by atoms with Crippen LogP contribution in [-0.4, -0.2) is 93.1 Å². The Balaban J connectivity index is 0.000000940. The van der Waals surface area contributed by atoms with Crippen molar-refractivity contribution >= 4 is 30.0 Å². The Labute approximate surface area is 298 Å². The number of alkyl carbamates (subject to hydrolysis) is 1. The van der Waals surface area contributed by atoms with Gasteiger partial charge in [-0.25, -0.2) is 25.2 Å². The highest BCUT2D eigenvalue weighted by molar-refractivity contribution is 5.78. The van der Waals surface area contributed by atoms with E-state index in [4.69, 9.17) is 15.6 Å². The number of nitrogens with two attached hydrogens (primary N) is 2. The van der Waals surface area contributed by atoms with Gasteiger partial charge in [0.1, 0.15) is 5.60 Å². The monoisotopic (exact) mass is 717 g/mol. The van der Waals surface area contributed by atoms with E-state index in [0.29, 0.717) is 57.3 Å². The molecule has 17 nitrogen and oxygen atoms in total. The van der Waals surface area contributed by atoms with Crippen molar-refractivity contribution < 1.29 is 33.8 Å². The maximum atomic E-state index is 11.8. The van der Waals surface area contributed by atoms with Crippen LogP contribution in [-0.2, 0) is 14.3 Å². The maximum absolute atomic E-state index is 11.8. The van der Waals surface area contributed by atoms with Gasteiger partial charge in [0.2, 0.25) is 5.91 Å². The molecule has 2 aliphatic rings. The first-order valence-corrected chi connectivity index (χ1v) is 18.0. The Hall–Kier alpha value is -3.41. The molecule has 0 aromatic heterocycles. The van der Waals surface area contributed by atoms with Crippen LogP contribution in [0.4, 0.5) is 14.4 Å². The number of nitrogens with one attached hydrogen (secondary N) is 8. The molecule has 0 bridgehead atoms. The summed E-state index contributed by atoms with van der Waals surface area (Å²) in [6.07, 6.45) is 7.76. The number of hydrogen-bond donors (Lipinski definition) is 11. The molecule has 2 rings (SSSR count). The summed E-state index contributed by atoms with van der Waals surface area (Å²) < 4.78 is 5.21. The summed E-state index contributed by atoms with van der Waals surface area (Å²) in [5.41, 5.74) is 20.4. The first kappa shape index (κ1) is 46.6. The van der Waals surface area contributed by atoms with Gasteiger partial charge in [-0.2, -0.15) is 0 Å². The molecule has 6 amide bonds. The van der Waals surface area contributed by atoms with Crippen molar-refractivity contribution in [1.82, 2.24) is 43.0 Å². The summed E-state index contributed by atoms with van der Waals surface area (Å²) in [4.78, 5) is 57.7. The molecule has 0 radical (unpaired) electrons. The quantitative estimate of drug-likeness (QED) is 0.109. The van der Waals surface area contributed by atoms with Crippen molar-refractivity contribution in [3.8, 4) is 0 Å². The molecule has 0 spiro atoms. The van der Waals surface area contributed by atoms with Crippen molar-refractivity contribution in [2.45, 2.75) is 117 Å². The molecule has 0 unspecified atom stereocenters. The SMILES string of the molecule is CC[C@@H](CNNC(=O)NCC1CCC(C(=O)O)CC1)NC(=O)OC(C)(C)C.CC[C@H](N)CNNC(=O)NCC1CCC(C(=O)NC)CC1.CN. The van der Waals surface area contributed by atoms with Gasteiger partial charge in [-0.3, -0.25) is 20.4 Å². The minimum absolute atomic E-state index is 0.0466. The van der Waals surface area contributed by atoms with E-state index < -0.39 is 17.7 Å².